The number of hydrogen-bond acceptors (Lipinski definition) is 9. The Labute approximate surface area is 262 Å². The molecule has 6 rings (SSSR count). The van der Waals surface area contributed by atoms with Gasteiger partial charge in [0.05, 0.1) is 44.1 Å². The molecule has 2 atom stereocenters. The van der Waals surface area contributed by atoms with Gasteiger partial charge in [-0.25, -0.2) is 9.59 Å². The minimum absolute atomic E-state index is 0.0501. The smallest absolute Gasteiger partial charge is 0.421 e. The number of ketones is 1. The van der Waals surface area contributed by atoms with Gasteiger partial charge in [-0.05, 0) is 75.4 Å². The minimum atomic E-state index is -1.45. The molecule has 2 aromatic rings. The van der Waals surface area contributed by atoms with Gasteiger partial charge in [0.2, 0.25) is 6.79 Å². The second-order valence-corrected chi connectivity index (χ2v) is 12.5. The lowest BCUT2D eigenvalue weighted by atomic mass is 9.65. The molecule has 2 amide bonds. The van der Waals surface area contributed by atoms with Gasteiger partial charge in [0.15, 0.2) is 17.3 Å². The van der Waals surface area contributed by atoms with Gasteiger partial charge in [-0.2, -0.15) is 0 Å². The van der Waals surface area contributed by atoms with Crippen LogP contribution >= 0.6 is 0 Å². The standard InChI is InChI=1S/C34H38N2O9/c1-6-14-42-31(39)36-26-17-29-28(43-21-44-29)16-25(26)33-12-13-35(30(38)45-32(2,3)4)34(33,36)19-27(37)23(18-33)11-15-41-20-22-7-9-24(40-5)10-8-22/h6-10,14,16-18H,11-13,15,19-21H2,1-5H3/b14-6+/t33-,34?/m1/s1. The monoisotopic (exact) mass is 618 g/mol. The fourth-order valence-electron chi connectivity index (χ4n) is 6.86. The first-order valence-electron chi connectivity index (χ1n) is 15.1. The maximum atomic E-state index is 14.0. The number of likely N-dealkylation sites (tertiary alicyclic amines) is 1. The normalized spacial score (nSPS) is 23.0. The molecule has 0 N–H and O–H groups in total. The van der Waals surface area contributed by atoms with E-state index in [1.165, 1.54) is 16.1 Å². The Kier molecular flexibility index (Phi) is 7.76. The number of nitrogens with zero attached hydrogens (tertiary/aromatic N) is 2. The van der Waals surface area contributed by atoms with E-state index in [-0.39, 0.29) is 25.5 Å². The minimum Gasteiger partial charge on any atom is -0.497 e. The number of carbonyl (C=O) groups is 3. The molecular weight excluding hydrogens is 580 g/mol. The van der Waals surface area contributed by atoms with Gasteiger partial charge in [0, 0.05) is 12.6 Å². The Hall–Kier alpha value is -4.51. The molecule has 0 radical (unpaired) electrons. The lowest BCUT2D eigenvalue weighted by Gasteiger charge is -2.49. The van der Waals surface area contributed by atoms with Crippen LogP contribution in [0.4, 0.5) is 15.3 Å². The van der Waals surface area contributed by atoms with Crippen LogP contribution in [0.1, 0.15) is 58.1 Å². The fourth-order valence-corrected chi connectivity index (χ4v) is 6.86. The van der Waals surface area contributed by atoms with Crippen molar-refractivity contribution in [1.29, 1.82) is 0 Å². The predicted octanol–water partition coefficient (Wildman–Crippen LogP) is 6.00. The summed E-state index contributed by atoms with van der Waals surface area (Å²) in [4.78, 5) is 44.8. The van der Waals surface area contributed by atoms with Crippen LogP contribution in [-0.2, 0) is 31.0 Å². The van der Waals surface area contributed by atoms with Crippen molar-refractivity contribution < 1.29 is 42.8 Å². The van der Waals surface area contributed by atoms with Crippen molar-refractivity contribution >= 4 is 23.7 Å². The number of anilines is 1. The summed E-state index contributed by atoms with van der Waals surface area (Å²) in [5, 5.41) is 0. The summed E-state index contributed by atoms with van der Waals surface area (Å²) in [7, 11) is 1.62. The van der Waals surface area contributed by atoms with E-state index < -0.39 is 28.9 Å². The Balaban J connectivity index is 1.40. The molecule has 2 aromatic carbocycles. The Morgan fingerprint density at radius 3 is 2.49 bits per heavy atom. The van der Waals surface area contributed by atoms with Crippen molar-refractivity contribution in [2.24, 2.45) is 0 Å². The van der Waals surface area contributed by atoms with Gasteiger partial charge < -0.3 is 28.4 Å². The molecule has 0 aromatic heterocycles. The number of methoxy groups -OCH3 is 1. The van der Waals surface area contributed by atoms with E-state index in [0.717, 1.165) is 16.9 Å². The van der Waals surface area contributed by atoms with Gasteiger partial charge in [-0.1, -0.05) is 24.3 Å². The van der Waals surface area contributed by atoms with E-state index in [9.17, 15) is 14.4 Å². The van der Waals surface area contributed by atoms with Gasteiger partial charge in [0.1, 0.15) is 17.0 Å². The van der Waals surface area contributed by atoms with Crippen molar-refractivity contribution in [3.63, 3.8) is 0 Å². The van der Waals surface area contributed by atoms with Crippen molar-refractivity contribution in [2.45, 2.75) is 70.2 Å². The molecule has 0 spiro atoms. The average molecular weight is 619 g/mol. The summed E-state index contributed by atoms with van der Waals surface area (Å²) in [5.74, 6) is 1.57. The molecule has 0 saturated carbocycles. The molecule has 1 aliphatic carbocycles. The van der Waals surface area contributed by atoms with Crippen LogP contribution in [0, 0.1) is 0 Å². The van der Waals surface area contributed by atoms with E-state index >= 15 is 0 Å². The summed E-state index contributed by atoms with van der Waals surface area (Å²) in [6.07, 6.45) is 4.12. The van der Waals surface area contributed by atoms with Crippen molar-refractivity contribution in [3.05, 3.63) is 71.5 Å². The van der Waals surface area contributed by atoms with Gasteiger partial charge in [0.25, 0.3) is 0 Å². The molecule has 1 saturated heterocycles. The number of carbonyl (C=O) groups excluding carboxylic acids is 3. The molecule has 1 unspecified atom stereocenters. The number of rotatable bonds is 7. The molecule has 3 aliphatic heterocycles. The number of amides is 2. The van der Waals surface area contributed by atoms with Crippen LogP contribution in [0.25, 0.3) is 0 Å². The molecular formula is C34H38N2O9. The zero-order valence-electron chi connectivity index (χ0n) is 26.2. The number of hydrogen-bond donors (Lipinski definition) is 0. The van der Waals surface area contributed by atoms with E-state index in [1.54, 1.807) is 46.9 Å². The van der Waals surface area contributed by atoms with Crippen molar-refractivity contribution in [3.8, 4) is 17.2 Å². The molecule has 3 heterocycles. The number of Topliss-reactive ketones (excluding diaryl/α,β-unsaturated/α-hetero) is 1. The van der Waals surface area contributed by atoms with Crippen LogP contribution in [0.3, 0.4) is 0 Å². The van der Waals surface area contributed by atoms with Crippen molar-refractivity contribution in [2.75, 3.05) is 32.0 Å². The first-order chi connectivity index (χ1) is 21.5. The number of ether oxygens (including phenoxy) is 6. The number of benzene rings is 2. The second kappa shape index (κ2) is 11.4. The zero-order chi connectivity index (χ0) is 32.0. The van der Waals surface area contributed by atoms with Gasteiger partial charge in [-0.15, -0.1) is 0 Å². The molecule has 45 heavy (non-hydrogen) atoms. The summed E-state index contributed by atoms with van der Waals surface area (Å²) >= 11 is 0. The van der Waals surface area contributed by atoms with E-state index in [4.69, 9.17) is 28.4 Å². The molecule has 11 nitrogen and oxygen atoms in total. The summed E-state index contributed by atoms with van der Waals surface area (Å²) in [6, 6.07) is 11.2. The van der Waals surface area contributed by atoms with Crippen LogP contribution in [-0.4, -0.2) is 61.2 Å². The third-order valence-electron chi connectivity index (χ3n) is 8.70. The first kappa shape index (κ1) is 30.5. The van der Waals surface area contributed by atoms with Crippen LogP contribution in [0.2, 0.25) is 0 Å². The largest absolute Gasteiger partial charge is 0.497 e. The molecule has 11 heteroatoms. The topological polar surface area (TPSA) is 113 Å². The highest BCUT2D eigenvalue weighted by atomic mass is 16.7. The Morgan fingerprint density at radius 1 is 1.07 bits per heavy atom. The third-order valence-corrected chi connectivity index (χ3v) is 8.70. The molecule has 4 aliphatic rings. The lowest BCUT2D eigenvalue weighted by molar-refractivity contribution is -0.119. The highest BCUT2D eigenvalue weighted by Crippen LogP contribution is 2.65. The van der Waals surface area contributed by atoms with Crippen molar-refractivity contribution in [1.82, 2.24) is 4.90 Å². The molecule has 238 valence electrons. The van der Waals surface area contributed by atoms with Crippen LogP contribution < -0.4 is 19.1 Å². The van der Waals surface area contributed by atoms with Crippen LogP contribution in [0.15, 0.2) is 60.4 Å². The number of allylic oxidation sites excluding steroid dienone is 1. The first-order valence-corrected chi connectivity index (χ1v) is 15.1. The Morgan fingerprint density at radius 2 is 1.80 bits per heavy atom. The maximum absolute atomic E-state index is 14.0. The lowest BCUT2D eigenvalue weighted by Crippen LogP contribution is -2.68. The molecule has 0 bridgehead atoms. The highest BCUT2D eigenvalue weighted by molar-refractivity contribution is 6.05. The summed E-state index contributed by atoms with van der Waals surface area (Å²) in [6.45, 7) is 8.06. The molecule has 1 fully saturated rings. The predicted molar refractivity (Wildman–Crippen MR) is 163 cm³/mol. The van der Waals surface area contributed by atoms with E-state index in [1.807, 2.05) is 36.4 Å². The van der Waals surface area contributed by atoms with E-state index in [0.29, 0.717) is 48.8 Å². The fraction of sp³-hybridized carbons (Fsp3) is 0.441. The van der Waals surface area contributed by atoms with Crippen LogP contribution in [0.5, 0.6) is 17.2 Å². The second-order valence-electron chi connectivity index (χ2n) is 12.5. The summed E-state index contributed by atoms with van der Waals surface area (Å²) < 4.78 is 34.0. The van der Waals surface area contributed by atoms with E-state index in [2.05, 4.69) is 0 Å². The zero-order valence-corrected chi connectivity index (χ0v) is 26.2. The quantitative estimate of drug-likeness (QED) is 0.273. The highest BCUT2D eigenvalue weighted by Gasteiger charge is 2.73. The summed E-state index contributed by atoms with van der Waals surface area (Å²) in [5.41, 5.74) is -0.396. The number of fused-ring (bicyclic) bond motifs is 2. The maximum Gasteiger partial charge on any atom is 0.421 e. The third kappa shape index (κ3) is 5.08. The van der Waals surface area contributed by atoms with Gasteiger partial charge >= 0.3 is 12.2 Å². The van der Waals surface area contributed by atoms with Gasteiger partial charge in [-0.3, -0.25) is 14.6 Å². The SMILES string of the molecule is C/C=C/OC(=O)N1c2cc3c(cc2[C@@]24C=C(CCOCc5ccc(OC)cc5)C(=O)CC12N(C(=O)OC(C)(C)C)CC4)OCO3. The Bertz CT molecular complexity index is 1580. The average Bonchev–Trinajstić information content (AvgIpc) is 3.65.